The number of rotatable bonds is 5. The Labute approximate surface area is 117 Å². The molecule has 0 aliphatic heterocycles. The molecule has 1 atom stereocenters. The lowest BCUT2D eigenvalue weighted by Crippen LogP contribution is -2.25. The van der Waals surface area contributed by atoms with E-state index in [-0.39, 0.29) is 23.3 Å². The molecule has 0 spiro atoms. The summed E-state index contributed by atoms with van der Waals surface area (Å²) in [6.07, 6.45) is -0.0214. The molecule has 5 nitrogen and oxygen atoms in total. The average molecular weight is 284 g/mol. The van der Waals surface area contributed by atoms with Gasteiger partial charge in [-0.15, -0.1) is 0 Å². The van der Waals surface area contributed by atoms with Crippen LogP contribution < -0.4 is 11.1 Å². The zero-order valence-electron chi connectivity index (χ0n) is 11.9. The normalized spacial score (nSPS) is 13.1. The smallest absolute Gasteiger partial charge is 0.338 e. The molecule has 6 heteroatoms. The Hall–Kier alpha value is -1.82. The summed E-state index contributed by atoms with van der Waals surface area (Å²) >= 11 is 0. The van der Waals surface area contributed by atoms with E-state index in [1.54, 1.807) is 0 Å². The SMILES string of the molecule is CC(C)(C)CC(O)CNc1cc(F)c(C(=O)O)cc1N. The second-order valence-electron chi connectivity index (χ2n) is 6.02. The van der Waals surface area contributed by atoms with E-state index in [9.17, 15) is 14.3 Å². The molecular formula is C14H21FN2O3. The summed E-state index contributed by atoms with van der Waals surface area (Å²) in [5.41, 5.74) is 5.58. The highest BCUT2D eigenvalue weighted by atomic mass is 19.1. The first-order valence-corrected chi connectivity index (χ1v) is 6.34. The first-order chi connectivity index (χ1) is 9.10. The third kappa shape index (κ3) is 4.70. The van der Waals surface area contributed by atoms with E-state index in [0.717, 1.165) is 12.1 Å². The number of carboxylic acids is 1. The van der Waals surface area contributed by atoms with Gasteiger partial charge in [-0.2, -0.15) is 0 Å². The largest absolute Gasteiger partial charge is 0.478 e. The van der Waals surface area contributed by atoms with E-state index in [2.05, 4.69) is 5.32 Å². The van der Waals surface area contributed by atoms with Gasteiger partial charge in [0, 0.05) is 6.54 Å². The third-order valence-corrected chi connectivity index (χ3v) is 2.75. The fraction of sp³-hybridized carbons (Fsp3) is 0.500. The maximum absolute atomic E-state index is 13.5. The standard InChI is InChI=1S/C14H21FN2O3/c1-14(2,3)6-8(18)7-17-12-5-10(15)9(13(19)20)4-11(12)16/h4-5,8,17-18H,6-7,16H2,1-3H3,(H,19,20). The van der Waals surface area contributed by atoms with Crippen molar-refractivity contribution in [3.63, 3.8) is 0 Å². The molecule has 5 N–H and O–H groups in total. The molecular weight excluding hydrogens is 263 g/mol. The Morgan fingerprint density at radius 3 is 2.55 bits per heavy atom. The minimum absolute atomic E-state index is 0.0228. The van der Waals surface area contributed by atoms with Gasteiger partial charge in [-0.1, -0.05) is 20.8 Å². The zero-order valence-corrected chi connectivity index (χ0v) is 11.9. The first-order valence-electron chi connectivity index (χ1n) is 6.34. The summed E-state index contributed by atoms with van der Waals surface area (Å²) in [7, 11) is 0. The molecule has 0 heterocycles. The Bertz CT molecular complexity index is 498. The van der Waals surface area contributed by atoms with E-state index in [4.69, 9.17) is 10.8 Å². The zero-order chi connectivity index (χ0) is 15.5. The van der Waals surface area contributed by atoms with Gasteiger partial charge in [0.25, 0.3) is 0 Å². The highest BCUT2D eigenvalue weighted by Crippen LogP contribution is 2.24. The number of aliphatic hydroxyl groups excluding tert-OH is 1. The average Bonchev–Trinajstić information content (AvgIpc) is 2.27. The monoisotopic (exact) mass is 284 g/mol. The summed E-state index contributed by atoms with van der Waals surface area (Å²) in [5.74, 6) is -2.23. The maximum Gasteiger partial charge on any atom is 0.338 e. The number of anilines is 2. The van der Waals surface area contributed by atoms with Crippen LogP contribution in [-0.2, 0) is 0 Å². The lowest BCUT2D eigenvalue weighted by atomic mass is 9.89. The molecule has 112 valence electrons. The number of carboxylic acid groups (broad SMARTS) is 1. The van der Waals surface area contributed by atoms with Gasteiger partial charge in [0.15, 0.2) is 0 Å². The van der Waals surface area contributed by atoms with Crippen LogP contribution in [0.5, 0.6) is 0 Å². The summed E-state index contributed by atoms with van der Waals surface area (Å²) in [5, 5.41) is 21.5. The number of nitrogen functional groups attached to an aromatic ring is 1. The number of benzene rings is 1. The van der Waals surface area contributed by atoms with E-state index in [0.29, 0.717) is 6.42 Å². The molecule has 0 saturated heterocycles. The fourth-order valence-corrected chi connectivity index (χ4v) is 1.91. The molecule has 1 aromatic carbocycles. The minimum atomic E-state index is -1.37. The van der Waals surface area contributed by atoms with Crippen molar-refractivity contribution in [3.05, 3.63) is 23.5 Å². The first kappa shape index (κ1) is 16.2. The molecule has 20 heavy (non-hydrogen) atoms. The van der Waals surface area contributed by atoms with Crippen LogP contribution in [0.3, 0.4) is 0 Å². The van der Waals surface area contributed by atoms with Crippen LogP contribution in [-0.4, -0.2) is 28.8 Å². The molecule has 0 saturated carbocycles. The van der Waals surface area contributed by atoms with E-state index >= 15 is 0 Å². The summed E-state index contributed by atoms with van der Waals surface area (Å²) < 4.78 is 13.5. The maximum atomic E-state index is 13.5. The second-order valence-corrected chi connectivity index (χ2v) is 6.02. The second kappa shape index (κ2) is 6.09. The van der Waals surface area contributed by atoms with Gasteiger partial charge in [-0.3, -0.25) is 0 Å². The molecule has 0 fully saturated rings. The number of hydrogen-bond donors (Lipinski definition) is 4. The number of carbonyl (C=O) groups is 1. The van der Waals surface area contributed by atoms with Crippen LogP contribution in [0.1, 0.15) is 37.6 Å². The van der Waals surface area contributed by atoms with Gasteiger partial charge in [0.1, 0.15) is 5.82 Å². The van der Waals surface area contributed by atoms with Crippen LogP contribution in [0.2, 0.25) is 0 Å². The highest BCUT2D eigenvalue weighted by molar-refractivity contribution is 5.90. The molecule has 1 rings (SSSR count). The van der Waals surface area contributed by atoms with Crippen LogP contribution in [0.4, 0.5) is 15.8 Å². The Morgan fingerprint density at radius 1 is 1.45 bits per heavy atom. The molecule has 1 unspecified atom stereocenters. The number of nitrogens with one attached hydrogen (secondary N) is 1. The third-order valence-electron chi connectivity index (χ3n) is 2.75. The van der Waals surface area contributed by atoms with Crippen molar-refractivity contribution in [1.82, 2.24) is 0 Å². The Balaban J connectivity index is 2.74. The van der Waals surface area contributed by atoms with Gasteiger partial charge in [0.05, 0.1) is 23.0 Å². The quantitative estimate of drug-likeness (QED) is 0.622. The molecule has 0 amide bonds. The molecule has 0 aliphatic rings. The topological polar surface area (TPSA) is 95.6 Å². The number of aromatic carboxylic acids is 1. The fourth-order valence-electron chi connectivity index (χ4n) is 1.91. The van der Waals surface area contributed by atoms with Gasteiger partial charge >= 0.3 is 5.97 Å². The van der Waals surface area contributed by atoms with E-state index in [1.807, 2.05) is 20.8 Å². The van der Waals surface area contributed by atoms with Crippen LogP contribution >= 0.6 is 0 Å². The Kier molecular flexibility index (Phi) is 4.94. The number of aliphatic hydroxyl groups is 1. The highest BCUT2D eigenvalue weighted by Gasteiger charge is 2.18. The lowest BCUT2D eigenvalue weighted by Gasteiger charge is -2.23. The predicted octanol–water partition coefficient (Wildman–Crippen LogP) is 2.32. The minimum Gasteiger partial charge on any atom is -0.478 e. The number of halogens is 1. The van der Waals surface area contributed by atoms with E-state index < -0.39 is 23.5 Å². The van der Waals surface area contributed by atoms with Crippen molar-refractivity contribution in [2.75, 3.05) is 17.6 Å². The van der Waals surface area contributed by atoms with Crippen molar-refractivity contribution in [2.45, 2.75) is 33.3 Å². The molecule has 0 radical (unpaired) electrons. The van der Waals surface area contributed by atoms with Crippen LogP contribution in [0.15, 0.2) is 12.1 Å². The van der Waals surface area contributed by atoms with Gasteiger partial charge in [-0.05, 0) is 24.0 Å². The summed E-state index contributed by atoms with van der Waals surface area (Å²) in [4.78, 5) is 10.8. The van der Waals surface area contributed by atoms with E-state index in [1.165, 1.54) is 0 Å². The van der Waals surface area contributed by atoms with Crippen molar-refractivity contribution >= 4 is 17.3 Å². The van der Waals surface area contributed by atoms with Crippen molar-refractivity contribution in [3.8, 4) is 0 Å². The van der Waals surface area contributed by atoms with Gasteiger partial charge in [-0.25, -0.2) is 9.18 Å². The number of nitrogens with two attached hydrogens (primary N) is 1. The Morgan fingerprint density at radius 2 is 2.05 bits per heavy atom. The van der Waals surface area contributed by atoms with Crippen LogP contribution in [0, 0.1) is 11.2 Å². The number of hydrogen-bond acceptors (Lipinski definition) is 4. The summed E-state index contributed by atoms with van der Waals surface area (Å²) in [6, 6.07) is 2.10. The van der Waals surface area contributed by atoms with Crippen LogP contribution in [0.25, 0.3) is 0 Å². The molecule has 1 aromatic rings. The molecule has 0 aromatic heterocycles. The van der Waals surface area contributed by atoms with Crippen molar-refractivity contribution < 1.29 is 19.4 Å². The summed E-state index contributed by atoms with van der Waals surface area (Å²) in [6.45, 7) is 6.23. The molecule has 0 aliphatic carbocycles. The van der Waals surface area contributed by atoms with Gasteiger partial charge in [0.2, 0.25) is 0 Å². The predicted molar refractivity (Wildman–Crippen MR) is 76.3 cm³/mol. The lowest BCUT2D eigenvalue weighted by molar-refractivity contribution is 0.0692. The molecule has 0 bridgehead atoms. The van der Waals surface area contributed by atoms with Crippen molar-refractivity contribution in [2.24, 2.45) is 5.41 Å². The van der Waals surface area contributed by atoms with Crippen molar-refractivity contribution in [1.29, 1.82) is 0 Å². The van der Waals surface area contributed by atoms with Gasteiger partial charge < -0.3 is 21.3 Å².